The van der Waals surface area contributed by atoms with E-state index in [2.05, 4.69) is 5.32 Å². The molecule has 116 valence electrons. The zero-order valence-electron chi connectivity index (χ0n) is 11.4. The molecule has 2 aromatic rings. The number of sulfonamides is 1. The Kier molecular flexibility index (Phi) is 4.36. The maximum Gasteiger partial charge on any atom is 0.294 e. The molecule has 0 amide bonds. The number of nitrogens with two attached hydrogens (primary N) is 1. The molecule has 0 aromatic heterocycles. The summed E-state index contributed by atoms with van der Waals surface area (Å²) >= 11 is 5.74. The molecule has 0 aliphatic rings. The summed E-state index contributed by atoms with van der Waals surface area (Å²) in [5.74, 6) is 0. The minimum Gasteiger partial charge on any atom is -0.350 e. The second-order valence-electron chi connectivity index (χ2n) is 4.57. The van der Waals surface area contributed by atoms with Crippen molar-refractivity contribution in [2.45, 2.75) is 11.8 Å². The molecule has 0 saturated heterocycles. The molecule has 0 bridgehead atoms. The van der Waals surface area contributed by atoms with E-state index in [-0.39, 0.29) is 21.3 Å². The van der Waals surface area contributed by atoms with E-state index < -0.39 is 14.9 Å². The number of rotatable bonds is 4. The molecule has 0 radical (unpaired) electrons. The van der Waals surface area contributed by atoms with Crippen LogP contribution in [-0.4, -0.2) is 13.3 Å². The van der Waals surface area contributed by atoms with E-state index in [1.807, 2.05) is 0 Å². The molecular weight excluding hydrogens is 330 g/mol. The Balaban J connectivity index is 2.47. The number of nitrogens with zero attached hydrogens (tertiary/aromatic N) is 1. The van der Waals surface area contributed by atoms with Crippen LogP contribution in [0.25, 0.3) is 0 Å². The molecule has 9 heteroatoms. The molecule has 0 unspecified atom stereocenters. The molecule has 0 fully saturated rings. The SMILES string of the molecule is Cc1ccc(Nc2ccc(Cl)cc2[N+](=O)[O-])cc1S(N)(=O)=O. The molecule has 7 nitrogen and oxygen atoms in total. The lowest BCUT2D eigenvalue weighted by Crippen LogP contribution is -2.13. The molecule has 0 aliphatic carbocycles. The van der Waals surface area contributed by atoms with Crippen molar-refractivity contribution in [1.82, 2.24) is 0 Å². The second kappa shape index (κ2) is 5.91. The first kappa shape index (κ1) is 16.2. The number of benzene rings is 2. The van der Waals surface area contributed by atoms with Crippen molar-refractivity contribution in [2.24, 2.45) is 5.14 Å². The van der Waals surface area contributed by atoms with Gasteiger partial charge in [-0.25, -0.2) is 13.6 Å². The van der Waals surface area contributed by atoms with Gasteiger partial charge >= 0.3 is 0 Å². The molecule has 2 rings (SSSR count). The first-order chi connectivity index (χ1) is 10.2. The van der Waals surface area contributed by atoms with Gasteiger partial charge in [-0.1, -0.05) is 17.7 Å². The molecule has 0 saturated carbocycles. The molecule has 0 aliphatic heterocycles. The number of hydrogen-bond donors (Lipinski definition) is 2. The summed E-state index contributed by atoms with van der Waals surface area (Å²) in [5, 5.41) is 19.2. The first-order valence-corrected chi connectivity index (χ1v) is 7.95. The monoisotopic (exact) mass is 341 g/mol. The van der Waals surface area contributed by atoms with Crippen molar-refractivity contribution in [2.75, 3.05) is 5.32 Å². The summed E-state index contributed by atoms with van der Waals surface area (Å²) in [6.45, 7) is 1.61. The Morgan fingerprint density at radius 3 is 2.50 bits per heavy atom. The highest BCUT2D eigenvalue weighted by molar-refractivity contribution is 7.89. The molecular formula is C13H12ClN3O4S. The van der Waals surface area contributed by atoms with Gasteiger partial charge in [0.15, 0.2) is 0 Å². The third kappa shape index (κ3) is 3.53. The fourth-order valence-corrected chi connectivity index (χ4v) is 2.88. The van der Waals surface area contributed by atoms with E-state index in [9.17, 15) is 18.5 Å². The summed E-state index contributed by atoms with van der Waals surface area (Å²) in [6, 6.07) is 8.62. The van der Waals surface area contributed by atoms with E-state index in [0.717, 1.165) is 0 Å². The van der Waals surface area contributed by atoms with Crippen molar-refractivity contribution in [3.05, 3.63) is 57.1 Å². The lowest BCUT2D eigenvalue weighted by atomic mass is 10.2. The van der Waals surface area contributed by atoms with Gasteiger partial charge in [-0.3, -0.25) is 10.1 Å². The van der Waals surface area contributed by atoms with Crippen LogP contribution in [0.5, 0.6) is 0 Å². The van der Waals surface area contributed by atoms with Crippen molar-refractivity contribution in [1.29, 1.82) is 0 Å². The summed E-state index contributed by atoms with van der Waals surface area (Å²) in [4.78, 5) is 10.4. The third-order valence-corrected chi connectivity index (χ3v) is 4.22. The topological polar surface area (TPSA) is 115 Å². The minimum absolute atomic E-state index is 0.0471. The van der Waals surface area contributed by atoms with Gasteiger partial charge in [0.1, 0.15) is 5.69 Å². The van der Waals surface area contributed by atoms with Gasteiger partial charge in [0, 0.05) is 16.8 Å². The third-order valence-electron chi connectivity index (χ3n) is 2.93. The zero-order chi connectivity index (χ0) is 16.5. The Morgan fingerprint density at radius 1 is 1.23 bits per heavy atom. The Hall–Kier alpha value is -2.16. The van der Waals surface area contributed by atoms with E-state index >= 15 is 0 Å². The first-order valence-electron chi connectivity index (χ1n) is 6.03. The van der Waals surface area contributed by atoms with Crippen LogP contribution < -0.4 is 10.5 Å². The van der Waals surface area contributed by atoms with Crippen molar-refractivity contribution < 1.29 is 13.3 Å². The Bertz CT molecular complexity index is 852. The normalized spacial score (nSPS) is 11.2. The number of nitro groups is 1. The van der Waals surface area contributed by atoms with Crippen LogP contribution in [0.2, 0.25) is 5.02 Å². The van der Waals surface area contributed by atoms with E-state index in [1.54, 1.807) is 19.1 Å². The summed E-state index contributed by atoms with van der Waals surface area (Å²) < 4.78 is 23.0. The minimum atomic E-state index is -3.88. The van der Waals surface area contributed by atoms with Crippen LogP contribution in [-0.2, 0) is 10.0 Å². The number of aryl methyl sites for hydroxylation is 1. The highest BCUT2D eigenvalue weighted by Crippen LogP contribution is 2.31. The van der Waals surface area contributed by atoms with Crippen LogP contribution >= 0.6 is 11.6 Å². The summed E-state index contributed by atoms with van der Waals surface area (Å²) in [6.07, 6.45) is 0. The smallest absolute Gasteiger partial charge is 0.294 e. The molecule has 2 aromatic carbocycles. The average Bonchev–Trinajstić information content (AvgIpc) is 2.41. The summed E-state index contributed by atoms with van der Waals surface area (Å²) in [7, 11) is -3.88. The highest BCUT2D eigenvalue weighted by Gasteiger charge is 2.16. The number of primary sulfonamides is 1. The van der Waals surface area contributed by atoms with Gasteiger partial charge in [-0.2, -0.15) is 0 Å². The number of anilines is 2. The van der Waals surface area contributed by atoms with Crippen molar-refractivity contribution >= 4 is 38.7 Å². The predicted octanol–water partition coefficient (Wildman–Crippen LogP) is 2.95. The Morgan fingerprint density at radius 2 is 1.91 bits per heavy atom. The van der Waals surface area contributed by atoms with Crippen molar-refractivity contribution in [3.8, 4) is 0 Å². The van der Waals surface area contributed by atoms with Crippen LogP contribution in [0.3, 0.4) is 0 Å². The van der Waals surface area contributed by atoms with Gasteiger partial charge in [0.2, 0.25) is 10.0 Å². The van der Waals surface area contributed by atoms with Gasteiger partial charge in [0.05, 0.1) is 9.82 Å². The van der Waals surface area contributed by atoms with Gasteiger partial charge in [-0.15, -0.1) is 0 Å². The zero-order valence-corrected chi connectivity index (χ0v) is 13.0. The Labute approximate surface area is 131 Å². The predicted molar refractivity (Wildman–Crippen MR) is 83.9 cm³/mol. The van der Waals surface area contributed by atoms with Gasteiger partial charge in [-0.05, 0) is 36.8 Å². The van der Waals surface area contributed by atoms with Crippen LogP contribution in [0.15, 0.2) is 41.3 Å². The number of nitrogens with one attached hydrogen (secondary N) is 1. The number of hydrogen-bond acceptors (Lipinski definition) is 5. The maximum absolute atomic E-state index is 11.5. The standard InChI is InChI=1S/C13H12ClN3O4S/c1-8-2-4-10(7-13(8)22(15,20)21)16-11-5-3-9(14)6-12(11)17(18)19/h2-7,16H,1H3,(H2,15,20,21). The van der Waals surface area contributed by atoms with E-state index in [0.29, 0.717) is 11.3 Å². The lowest BCUT2D eigenvalue weighted by Gasteiger charge is -2.10. The highest BCUT2D eigenvalue weighted by atomic mass is 35.5. The number of nitro benzene ring substituents is 1. The van der Waals surface area contributed by atoms with Crippen LogP contribution in [0.1, 0.15) is 5.56 Å². The molecule has 0 spiro atoms. The fourth-order valence-electron chi connectivity index (χ4n) is 1.90. The van der Waals surface area contributed by atoms with Gasteiger partial charge < -0.3 is 5.32 Å². The average molecular weight is 342 g/mol. The quantitative estimate of drug-likeness (QED) is 0.655. The van der Waals surface area contributed by atoms with E-state index in [4.69, 9.17) is 16.7 Å². The fraction of sp³-hybridized carbons (Fsp3) is 0.0769. The second-order valence-corrected chi connectivity index (χ2v) is 6.54. The molecule has 0 heterocycles. The molecule has 3 N–H and O–H groups in total. The van der Waals surface area contributed by atoms with Gasteiger partial charge in [0.25, 0.3) is 5.69 Å². The van der Waals surface area contributed by atoms with Crippen LogP contribution in [0, 0.1) is 17.0 Å². The van der Waals surface area contributed by atoms with Crippen molar-refractivity contribution in [3.63, 3.8) is 0 Å². The lowest BCUT2D eigenvalue weighted by molar-refractivity contribution is -0.383. The largest absolute Gasteiger partial charge is 0.350 e. The molecule has 0 atom stereocenters. The molecule has 22 heavy (non-hydrogen) atoms. The summed E-state index contributed by atoms with van der Waals surface area (Å²) in [5.41, 5.74) is 0.822. The maximum atomic E-state index is 11.5. The van der Waals surface area contributed by atoms with E-state index in [1.165, 1.54) is 24.3 Å². The van der Waals surface area contributed by atoms with Crippen LogP contribution in [0.4, 0.5) is 17.1 Å². The number of halogens is 1.